The minimum Gasteiger partial charge on any atom is -0.423 e. The fourth-order valence-electron chi connectivity index (χ4n) is 3.09. The molecule has 2 amide bonds. The van der Waals surface area contributed by atoms with E-state index < -0.39 is 18.6 Å². The number of carbonyl (C=O) groups is 2. The first-order chi connectivity index (χ1) is 12.9. The summed E-state index contributed by atoms with van der Waals surface area (Å²) in [6.07, 6.45) is 0. The Bertz CT molecular complexity index is 884. The van der Waals surface area contributed by atoms with E-state index in [-0.39, 0.29) is 16.9 Å². The van der Waals surface area contributed by atoms with Crippen molar-refractivity contribution in [2.45, 2.75) is 47.1 Å². The quantitative estimate of drug-likeness (QED) is 0.559. The first-order valence-electron chi connectivity index (χ1n) is 9.11. The van der Waals surface area contributed by atoms with Gasteiger partial charge in [-0.1, -0.05) is 29.3 Å². The topological polar surface area (TPSA) is 89.9 Å². The van der Waals surface area contributed by atoms with E-state index in [1.54, 1.807) is 37.3 Å². The van der Waals surface area contributed by atoms with Crippen molar-refractivity contribution < 1.29 is 19.6 Å². The zero-order chi connectivity index (χ0) is 21.2. The van der Waals surface area contributed by atoms with Gasteiger partial charge in [0.15, 0.2) is 0 Å². The molecule has 0 unspecified atom stereocenters. The Kier molecular flexibility index (Phi) is 6.32. The number of nitrogens with zero attached hydrogens (tertiary/aromatic N) is 1. The van der Waals surface area contributed by atoms with Crippen molar-refractivity contribution in [3.8, 4) is 0 Å². The summed E-state index contributed by atoms with van der Waals surface area (Å²) in [4.78, 5) is 26.1. The zero-order valence-corrected chi connectivity index (χ0v) is 17.2. The molecule has 0 radical (unpaired) electrons. The molecular formula is C21H27BN2O4. The molecule has 0 aliphatic carbocycles. The third-order valence-corrected chi connectivity index (χ3v) is 4.45. The Hall–Kier alpha value is -2.64. The molecule has 0 fully saturated rings. The van der Waals surface area contributed by atoms with Gasteiger partial charge in [-0.3, -0.25) is 15.0 Å². The highest BCUT2D eigenvalue weighted by Gasteiger charge is 2.30. The van der Waals surface area contributed by atoms with E-state index in [9.17, 15) is 19.6 Å². The number of benzene rings is 2. The van der Waals surface area contributed by atoms with Crippen LogP contribution in [0.15, 0.2) is 36.4 Å². The van der Waals surface area contributed by atoms with Crippen molar-refractivity contribution in [3.63, 3.8) is 0 Å². The van der Waals surface area contributed by atoms with Gasteiger partial charge in [0, 0.05) is 11.1 Å². The van der Waals surface area contributed by atoms with E-state index in [1.807, 2.05) is 40.7 Å². The molecular weight excluding hydrogens is 355 g/mol. The van der Waals surface area contributed by atoms with E-state index in [1.165, 1.54) is 5.01 Å². The highest BCUT2D eigenvalue weighted by molar-refractivity contribution is 6.59. The number of aryl methyl sites for hydroxylation is 2. The van der Waals surface area contributed by atoms with Crippen molar-refractivity contribution in [3.05, 3.63) is 64.2 Å². The van der Waals surface area contributed by atoms with Crippen molar-refractivity contribution in [1.29, 1.82) is 0 Å². The maximum atomic E-state index is 13.2. The van der Waals surface area contributed by atoms with E-state index >= 15 is 0 Å². The van der Waals surface area contributed by atoms with Gasteiger partial charge in [0.1, 0.15) is 0 Å². The first kappa shape index (κ1) is 21.7. The average Bonchev–Trinajstić information content (AvgIpc) is 2.56. The Morgan fingerprint density at radius 1 is 1.00 bits per heavy atom. The second kappa shape index (κ2) is 8.16. The normalized spacial score (nSPS) is 11.1. The molecule has 0 atom stereocenters. The average molecular weight is 382 g/mol. The summed E-state index contributed by atoms with van der Waals surface area (Å²) in [6.45, 7) is 11.0. The van der Waals surface area contributed by atoms with Crippen molar-refractivity contribution in [2.75, 3.05) is 0 Å². The van der Waals surface area contributed by atoms with E-state index in [2.05, 4.69) is 5.43 Å². The highest BCUT2D eigenvalue weighted by Crippen LogP contribution is 2.18. The van der Waals surface area contributed by atoms with Crippen LogP contribution in [0.3, 0.4) is 0 Å². The fourth-order valence-corrected chi connectivity index (χ4v) is 3.09. The van der Waals surface area contributed by atoms with Crippen LogP contribution in [-0.2, 0) is 0 Å². The van der Waals surface area contributed by atoms with Crippen LogP contribution in [0.1, 0.15) is 58.2 Å². The summed E-state index contributed by atoms with van der Waals surface area (Å²) >= 11 is 0. The molecule has 0 aromatic heterocycles. The number of nitrogens with one attached hydrogen (secondary N) is 1. The summed E-state index contributed by atoms with van der Waals surface area (Å²) in [5, 5.41) is 20.3. The summed E-state index contributed by atoms with van der Waals surface area (Å²) in [5.41, 5.74) is 5.40. The van der Waals surface area contributed by atoms with Crippen LogP contribution in [0.4, 0.5) is 0 Å². The SMILES string of the molecule is Cc1cc(C)cc(C(=O)N(NC(=O)c2cccc(B(O)O)c2C)C(C)(C)C)c1. The van der Waals surface area contributed by atoms with Crippen LogP contribution in [0.5, 0.6) is 0 Å². The largest absolute Gasteiger partial charge is 0.488 e. The molecule has 0 saturated heterocycles. The number of amides is 2. The molecule has 2 aromatic rings. The maximum absolute atomic E-state index is 13.2. The molecule has 6 nitrogen and oxygen atoms in total. The van der Waals surface area contributed by atoms with Gasteiger partial charge in [-0.25, -0.2) is 5.01 Å². The number of rotatable bonds is 3. The minimum atomic E-state index is -1.68. The maximum Gasteiger partial charge on any atom is 0.488 e. The molecule has 148 valence electrons. The van der Waals surface area contributed by atoms with Gasteiger partial charge in [-0.2, -0.15) is 0 Å². The molecule has 0 aliphatic heterocycles. The second-order valence-corrected chi connectivity index (χ2v) is 8.02. The van der Waals surface area contributed by atoms with Gasteiger partial charge in [0.2, 0.25) is 0 Å². The van der Waals surface area contributed by atoms with Gasteiger partial charge >= 0.3 is 7.12 Å². The number of carbonyl (C=O) groups excluding carboxylic acids is 2. The van der Waals surface area contributed by atoms with Crippen molar-refractivity contribution in [1.82, 2.24) is 10.4 Å². The van der Waals surface area contributed by atoms with Crippen LogP contribution in [-0.4, -0.2) is 39.5 Å². The highest BCUT2D eigenvalue weighted by atomic mass is 16.4. The molecule has 3 N–H and O–H groups in total. The number of hydrogen-bond donors (Lipinski definition) is 3. The van der Waals surface area contributed by atoms with Crippen molar-refractivity contribution in [2.24, 2.45) is 0 Å². The van der Waals surface area contributed by atoms with E-state index in [4.69, 9.17) is 0 Å². The molecule has 2 aromatic carbocycles. The van der Waals surface area contributed by atoms with E-state index in [0.717, 1.165) is 11.1 Å². The molecule has 0 aliphatic rings. The Balaban J connectivity index is 2.39. The number of hydrazine groups is 1. The second-order valence-electron chi connectivity index (χ2n) is 8.02. The van der Waals surface area contributed by atoms with Crippen LogP contribution >= 0.6 is 0 Å². The smallest absolute Gasteiger partial charge is 0.423 e. The van der Waals surface area contributed by atoms with E-state index in [0.29, 0.717) is 11.1 Å². The first-order valence-corrected chi connectivity index (χ1v) is 9.11. The van der Waals surface area contributed by atoms with Crippen LogP contribution in [0, 0.1) is 20.8 Å². The van der Waals surface area contributed by atoms with Crippen LogP contribution in [0.2, 0.25) is 0 Å². The summed E-state index contributed by atoms with van der Waals surface area (Å²) in [6, 6.07) is 10.2. The molecule has 0 saturated carbocycles. The van der Waals surface area contributed by atoms with Gasteiger partial charge in [0.05, 0.1) is 5.54 Å². The molecule has 0 bridgehead atoms. The lowest BCUT2D eigenvalue weighted by Crippen LogP contribution is -2.56. The minimum absolute atomic E-state index is 0.246. The predicted octanol–water partition coefficient (Wildman–Crippen LogP) is 1.88. The van der Waals surface area contributed by atoms with Crippen LogP contribution < -0.4 is 10.9 Å². The number of hydrogen-bond acceptors (Lipinski definition) is 4. The molecule has 7 heteroatoms. The summed E-state index contributed by atoms with van der Waals surface area (Å²) in [5.74, 6) is -0.809. The lowest BCUT2D eigenvalue weighted by atomic mass is 9.76. The summed E-state index contributed by atoms with van der Waals surface area (Å²) in [7, 11) is -1.68. The molecule has 0 heterocycles. The molecule has 0 spiro atoms. The van der Waals surface area contributed by atoms with Crippen molar-refractivity contribution >= 4 is 24.4 Å². The monoisotopic (exact) mass is 382 g/mol. The van der Waals surface area contributed by atoms with Gasteiger partial charge < -0.3 is 10.0 Å². The summed E-state index contributed by atoms with van der Waals surface area (Å²) < 4.78 is 0. The third-order valence-electron chi connectivity index (χ3n) is 4.45. The Labute approximate surface area is 166 Å². The molecule has 28 heavy (non-hydrogen) atoms. The Morgan fingerprint density at radius 3 is 2.07 bits per heavy atom. The van der Waals surface area contributed by atoms with Crippen LogP contribution in [0.25, 0.3) is 0 Å². The lowest BCUT2D eigenvalue weighted by molar-refractivity contribution is 0.0358. The fraction of sp³-hybridized carbons (Fsp3) is 0.333. The van der Waals surface area contributed by atoms with Gasteiger partial charge in [-0.15, -0.1) is 0 Å². The molecule has 2 rings (SSSR count). The third kappa shape index (κ3) is 4.80. The Morgan fingerprint density at radius 2 is 1.57 bits per heavy atom. The lowest BCUT2D eigenvalue weighted by Gasteiger charge is -2.35. The predicted molar refractivity (Wildman–Crippen MR) is 110 cm³/mol. The standard InChI is InChI=1S/C21H27BN2O4/c1-13-10-14(2)12-16(11-13)20(26)24(21(4,5)6)23-19(25)17-8-7-9-18(15(17)3)22(27)28/h7-12,27-28H,1-6H3,(H,23,25). The van der Waals surface area contributed by atoms with Gasteiger partial charge in [-0.05, 0) is 70.8 Å². The van der Waals surface area contributed by atoms with Gasteiger partial charge in [0.25, 0.3) is 11.8 Å². The zero-order valence-electron chi connectivity index (χ0n) is 17.2.